The molecule has 2 N–H and O–H groups in total. The molecule has 0 amide bonds. The Kier molecular flexibility index (Phi) is 3.51. The fourth-order valence-corrected chi connectivity index (χ4v) is 6.19. The number of aliphatic imine (C=N–C) groups is 1. The van der Waals surface area contributed by atoms with E-state index in [1.165, 1.54) is 24.8 Å². The molecule has 0 heterocycles. The minimum absolute atomic E-state index is 0.165. The minimum atomic E-state index is -0.425. The highest BCUT2D eigenvalue weighted by Gasteiger charge is 2.57. The van der Waals surface area contributed by atoms with Crippen LogP contribution in [0.3, 0.4) is 0 Å². The van der Waals surface area contributed by atoms with Crippen LogP contribution in [0.4, 0.5) is 5.69 Å². The highest BCUT2D eigenvalue weighted by atomic mass is 16.3. The van der Waals surface area contributed by atoms with Crippen LogP contribution in [0.2, 0.25) is 0 Å². The van der Waals surface area contributed by atoms with Gasteiger partial charge in [0.15, 0.2) is 0 Å². The third-order valence-electron chi connectivity index (χ3n) is 6.80. The Balaban J connectivity index is 1.40. The van der Waals surface area contributed by atoms with Crippen LogP contribution in [0, 0.1) is 11.8 Å². The first-order valence-electron chi connectivity index (χ1n) is 9.69. The highest BCUT2D eigenvalue weighted by molar-refractivity contribution is 5.85. The first-order chi connectivity index (χ1) is 12.5. The summed E-state index contributed by atoms with van der Waals surface area (Å²) in [5.41, 5.74) is 2.72. The van der Waals surface area contributed by atoms with Gasteiger partial charge in [0.1, 0.15) is 5.75 Å². The first-order valence-corrected chi connectivity index (χ1v) is 9.69. The van der Waals surface area contributed by atoms with E-state index in [1.807, 2.05) is 12.1 Å². The van der Waals surface area contributed by atoms with Crippen LogP contribution in [0.25, 0.3) is 0 Å². The number of phenolic OH excluding ortho intramolecular Hbond substituents is 1. The van der Waals surface area contributed by atoms with Gasteiger partial charge in [0.25, 0.3) is 0 Å². The van der Waals surface area contributed by atoms with Gasteiger partial charge in [-0.05, 0) is 85.6 Å². The Bertz CT molecular complexity index is 841. The monoisotopic (exact) mass is 347 g/mol. The van der Waals surface area contributed by atoms with Crippen LogP contribution in [-0.2, 0) is 5.41 Å². The van der Waals surface area contributed by atoms with E-state index in [0.717, 1.165) is 30.5 Å². The average molecular weight is 347 g/mol. The maximum absolute atomic E-state index is 11.0. The van der Waals surface area contributed by atoms with E-state index in [-0.39, 0.29) is 11.2 Å². The summed E-state index contributed by atoms with van der Waals surface area (Å²) < 4.78 is 0. The summed E-state index contributed by atoms with van der Waals surface area (Å²) in [6.07, 6.45) is 8.42. The minimum Gasteiger partial charge on any atom is -0.507 e. The maximum Gasteiger partial charge on any atom is 0.124 e. The molecular weight excluding hydrogens is 322 g/mol. The van der Waals surface area contributed by atoms with Crippen LogP contribution in [-0.4, -0.2) is 22.0 Å². The van der Waals surface area contributed by atoms with Gasteiger partial charge in [0.2, 0.25) is 0 Å². The molecule has 0 saturated heterocycles. The standard InChI is InChI=1S/C23H25NO2/c25-21-4-2-1-3-18(21)14-24-20-7-5-19(6-8-20)22-10-16-9-17(11-22)13-23(26,12-16)15-22/h1-8,14,16-17,25-26H,9-13,15H2/t16-,17-,22?,23?/m0/s1. The van der Waals surface area contributed by atoms with Crippen molar-refractivity contribution in [1.29, 1.82) is 0 Å². The summed E-state index contributed by atoms with van der Waals surface area (Å²) in [5, 5.41) is 20.8. The van der Waals surface area contributed by atoms with Crippen molar-refractivity contribution in [2.75, 3.05) is 0 Å². The molecule has 134 valence electrons. The lowest BCUT2D eigenvalue weighted by molar-refractivity contribution is -0.136. The Morgan fingerprint density at radius 1 is 0.923 bits per heavy atom. The third kappa shape index (κ3) is 2.66. The number of hydrogen-bond acceptors (Lipinski definition) is 3. The summed E-state index contributed by atoms with van der Waals surface area (Å²) in [4.78, 5) is 4.50. The van der Waals surface area contributed by atoms with Crippen molar-refractivity contribution >= 4 is 11.9 Å². The largest absolute Gasteiger partial charge is 0.507 e. The zero-order valence-electron chi connectivity index (χ0n) is 14.9. The number of para-hydroxylation sites is 1. The van der Waals surface area contributed by atoms with Gasteiger partial charge >= 0.3 is 0 Å². The van der Waals surface area contributed by atoms with E-state index in [0.29, 0.717) is 11.8 Å². The molecule has 3 nitrogen and oxygen atoms in total. The van der Waals surface area contributed by atoms with Crippen molar-refractivity contribution in [1.82, 2.24) is 0 Å². The van der Waals surface area contributed by atoms with Crippen LogP contribution >= 0.6 is 0 Å². The summed E-state index contributed by atoms with van der Waals surface area (Å²) >= 11 is 0. The number of nitrogens with zero attached hydrogens (tertiary/aromatic N) is 1. The molecule has 4 bridgehead atoms. The fourth-order valence-electron chi connectivity index (χ4n) is 6.19. The summed E-state index contributed by atoms with van der Waals surface area (Å²) in [6.45, 7) is 0. The summed E-state index contributed by atoms with van der Waals surface area (Å²) in [6, 6.07) is 15.7. The number of aliphatic hydroxyl groups is 1. The van der Waals surface area contributed by atoms with Crippen molar-refractivity contribution in [3.63, 3.8) is 0 Å². The molecule has 0 radical (unpaired) electrons. The molecule has 2 aromatic carbocycles. The SMILES string of the molecule is Oc1ccccc1C=Nc1ccc(C23C[C@@H]4C[C@H](CC(O)(C4)C2)C3)cc1. The number of phenols is 1. The van der Waals surface area contributed by atoms with Gasteiger partial charge in [-0.25, -0.2) is 0 Å². The van der Waals surface area contributed by atoms with Gasteiger partial charge in [0, 0.05) is 11.8 Å². The predicted octanol–water partition coefficient (Wildman–Crippen LogP) is 4.73. The van der Waals surface area contributed by atoms with E-state index in [4.69, 9.17) is 0 Å². The first kappa shape index (κ1) is 16.1. The molecule has 0 unspecified atom stereocenters. The van der Waals surface area contributed by atoms with Crippen LogP contribution in [0.15, 0.2) is 53.5 Å². The Morgan fingerprint density at radius 3 is 2.27 bits per heavy atom. The lowest BCUT2D eigenvalue weighted by Gasteiger charge is -2.60. The van der Waals surface area contributed by atoms with E-state index >= 15 is 0 Å². The third-order valence-corrected chi connectivity index (χ3v) is 6.80. The van der Waals surface area contributed by atoms with Gasteiger partial charge in [-0.15, -0.1) is 0 Å². The summed E-state index contributed by atoms with van der Waals surface area (Å²) in [5.74, 6) is 1.63. The van der Waals surface area contributed by atoms with Crippen LogP contribution < -0.4 is 0 Å². The lowest BCUT2D eigenvalue weighted by Crippen LogP contribution is -2.57. The van der Waals surface area contributed by atoms with Gasteiger partial charge in [0.05, 0.1) is 11.3 Å². The second kappa shape index (κ2) is 5.68. The zero-order chi connectivity index (χ0) is 17.8. The molecule has 6 rings (SSSR count). The zero-order valence-corrected chi connectivity index (χ0v) is 14.9. The van der Waals surface area contributed by atoms with Gasteiger partial charge in [-0.3, -0.25) is 4.99 Å². The van der Waals surface area contributed by atoms with Gasteiger partial charge in [-0.2, -0.15) is 0 Å². The van der Waals surface area contributed by atoms with Crippen LogP contribution in [0.5, 0.6) is 5.75 Å². The molecule has 2 atom stereocenters. The van der Waals surface area contributed by atoms with Gasteiger partial charge < -0.3 is 10.2 Å². The molecule has 0 aromatic heterocycles. The second-order valence-electron chi connectivity index (χ2n) is 8.83. The fraction of sp³-hybridized carbons (Fsp3) is 0.435. The maximum atomic E-state index is 11.0. The van der Waals surface area contributed by atoms with Crippen LogP contribution in [0.1, 0.15) is 49.7 Å². The second-order valence-corrected chi connectivity index (χ2v) is 8.83. The topological polar surface area (TPSA) is 52.8 Å². The quantitative estimate of drug-likeness (QED) is 0.789. The normalized spacial score (nSPS) is 35.3. The molecule has 0 spiro atoms. The van der Waals surface area contributed by atoms with Crippen molar-refractivity contribution in [2.24, 2.45) is 16.8 Å². The summed E-state index contributed by atoms with van der Waals surface area (Å²) in [7, 11) is 0. The molecule has 4 aliphatic rings. The predicted molar refractivity (Wildman–Crippen MR) is 103 cm³/mol. The van der Waals surface area contributed by atoms with Crippen molar-refractivity contribution in [3.8, 4) is 5.75 Å². The molecular formula is C23H25NO2. The Labute approximate surface area is 154 Å². The van der Waals surface area contributed by atoms with Crippen molar-refractivity contribution in [2.45, 2.75) is 49.5 Å². The molecule has 4 fully saturated rings. The highest BCUT2D eigenvalue weighted by Crippen LogP contribution is 2.62. The average Bonchev–Trinajstić information content (AvgIpc) is 2.59. The molecule has 2 aromatic rings. The van der Waals surface area contributed by atoms with Gasteiger partial charge in [-0.1, -0.05) is 24.3 Å². The molecule has 26 heavy (non-hydrogen) atoms. The van der Waals surface area contributed by atoms with E-state index in [2.05, 4.69) is 29.3 Å². The molecule has 4 saturated carbocycles. The van der Waals surface area contributed by atoms with Crippen molar-refractivity contribution < 1.29 is 10.2 Å². The van der Waals surface area contributed by atoms with Crippen molar-refractivity contribution in [3.05, 3.63) is 59.7 Å². The van der Waals surface area contributed by atoms with E-state index in [1.54, 1.807) is 18.3 Å². The number of aromatic hydroxyl groups is 1. The molecule has 3 heteroatoms. The Morgan fingerprint density at radius 2 is 1.62 bits per heavy atom. The Hall–Kier alpha value is -2.13. The number of hydrogen-bond donors (Lipinski definition) is 2. The molecule has 0 aliphatic heterocycles. The number of rotatable bonds is 3. The molecule has 4 aliphatic carbocycles. The number of benzene rings is 2. The van der Waals surface area contributed by atoms with E-state index < -0.39 is 5.60 Å². The lowest BCUT2D eigenvalue weighted by atomic mass is 9.46. The smallest absolute Gasteiger partial charge is 0.124 e. The van der Waals surface area contributed by atoms with E-state index in [9.17, 15) is 10.2 Å².